The molecule has 2 nitrogen and oxygen atoms in total. The van der Waals surface area contributed by atoms with E-state index in [1.165, 1.54) is 0 Å². The Bertz CT molecular complexity index is 348. The largest absolute Gasteiger partial charge is 0.505 e. The first kappa shape index (κ1) is 9.40. The van der Waals surface area contributed by atoms with E-state index in [4.69, 9.17) is 0 Å². The molecule has 0 aliphatic carbocycles. The molecule has 2 rings (SSSR count). The molecule has 1 fully saturated rings. The summed E-state index contributed by atoms with van der Waals surface area (Å²) in [7, 11) is 0. The molecular formula is C10H11F2NO. The second kappa shape index (κ2) is 3.53. The Morgan fingerprint density at radius 1 is 1.29 bits per heavy atom. The SMILES string of the molecule is Oc1c(F)ccc(F)c1C1CCNC1. The molecule has 1 unspecified atom stereocenters. The van der Waals surface area contributed by atoms with Gasteiger partial charge in [0.15, 0.2) is 11.6 Å². The standard InChI is InChI=1S/C10H11F2NO/c11-7-1-2-8(12)10(14)9(7)6-3-4-13-5-6/h1-2,6,13-14H,3-5H2. The van der Waals surface area contributed by atoms with Crippen LogP contribution in [0, 0.1) is 11.6 Å². The van der Waals surface area contributed by atoms with Crippen LogP contribution in [0.3, 0.4) is 0 Å². The van der Waals surface area contributed by atoms with E-state index in [1.54, 1.807) is 0 Å². The van der Waals surface area contributed by atoms with Crippen LogP contribution in [-0.2, 0) is 0 Å². The summed E-state index contributed by atoms with van der Waals surface area (Å²) in [5.41, 5.74) is 0.106. The summed E-state index contributed by atoms with van der Waals surface area (Å²) in [4.78, 5) is 0. The van der Waals surface area contributed by atoms with Gasteiger partial charge >= 0.3 is 0 Å². The predicted octanol–water partition coefficient (Wildman–Crippen LogP) is 1.75. The van der Waals surface area contributed by atoms with Crippen molar-refractivity contribution in [3.05, 3.63) is 29.3 Å². The Labute approximate surface area is 80.6 Å². The van der Waals surface area contributed by atoms with Crippen molar-refractivity contribution >= 4 is 0 Å². The van der Waals surface area contributed by atoms with Crippen molar-refractivity contribution in [2.45, 2.75) is 12.3 Å². The molecule has 0 saturated carbocycles. The van der Waals surface area contributed by atoms with Crippen LogP contribution in [0.5, 0.6) is 5.75 Å². The van der Waals surface area contributed by atoms with Gasteiger partial charge in [0, 0.05) is 18.0 Å². The van der Waals surface area contributed by atoms with Crippen LogP contribution >= 0.6 is 0 Å². The quantitative estimate of drug-likeness (QED) is 0.722. The smallest absolute Gasteiger partial charge is 0.165 e. The molecule has 1 heterocycles. The molecule has 0 radical (unpaired) electrons. The average Bonchev–Trinajstić information content (AvgIpc) is 2.65. The monoisotopic (exact) mass is 199 g/mol. The maximum absolute atomic E-state index is 13.3. The molecule has 0 amide bonds. The minimum atomic E-state index is -0.756. The lowest BCUT2D eigenvalue weighted by atomic mass is 9.96. The highest BCUT2D eigenvalue weighted by Crippen LogP contribution is 2.33. The summed E-state index contributed by atoms with van der Waals surface area (Å²) in [5, 5.41) is 12.4. The lowest BCUT2D eigenvalue weighted by Crippen LogP contribution is -2.09. The van der Waals surface area contributed by atoms with E-state index in [1.807, 2.05) is 0 Å². The summed E-state index contributed by atoms with van der Waals surface area (Å²) in [5.74, 6) is -1.95. The van der Waals surface area contributed by atoms with Gasteiger partial charge in [0.2, 0.25) is 0 Å². The van der Waals surface area contributed by atoms with Crippen LogP contribution < -0.4 is 5.32 Å². The third-order valence-electron chi connectivity index (χ3n) is 2.58. The Balaban J connectivity index is 2.44. The zero-order valence-electron chi connectivity index (χ0n) is 7.56. The van der Waals surface area contributed by atoms with E-state index in [-0.39, 0.29) is 11.5 Å². The molecule has 1 aliphatic heterocycles. The third kappa shape index (κ3) is 1.46. The number of hydrogen-bond donors (Lipinski definition) is 2. The van der Waals surface area contributed by atoms with Gasteiger partial charge in [-0.3, -0.25) is 0 Å². The highest BCUT2D eigenvalue weighted by Gasteiger charge is 2.24. The number of hydrogen-bond acceptors (Lipinski definition) is 2. The van der Waals surface area contributed by atoms with Gasteiger partial charge in [0.1, 0.15) is 5.82 Å². The van der Waals surface area contributed by atoms with Gasteiger partial charge in [-0.1, -0.05) is 0 Å². The van der Waals surface area contributed by atoms with Crippen molar-refractivity contribution in [1.29, 1.82) is 0 Å². The number of nitrogens with one attached hydrogen (secondary N) is 1. The molecule has 1 aromatic rings. The summed E-state index contributed by atoms with van der Waals surface area (Å²) >= 11 is 0. The van der Waals surface area contributed by atoms with Gasteiger partial charge in [-0.2, -0.15) is 0 Å². The van der Waals surface area contributed by atoms with Gasteiger partial charge in [-0.15, -0.1) is 0 Å². The molecule has 0 bridgehead atoms. The first-order chi connectivity index (χ1) is 6.70. The van der Waals surface area contributed by atoms with Gasteiger partial charge in [-0.25, -0.2) is 8.78 Å². The van der Waals surface area contributed by atoms with Gasteiger partial charge in [-0.05, 0) is 25.1 Å². The minimum absolute atomic E-state index is 0.106. The fourth-order valence-electron chi connectivity index (χ4n) is 1.85. The fourth-order valence-corrected chi connectivity index (χ4v) is 1.85. The van der Waals surface area contributed by atoms with Crippen molar-refractivity contribution in [2.75, 3.05) is 13.1 Å². The molecular weight excluding hydrogens is 188 g/mol. The molecule has 1 aliphatic rings. The number of rotatable bonds is 1. The number of phenolic OH excluding ortho intramolecular Hbond substituents is 1. The molecule has 4 heteroatoms. The predicted molar refractivity (Wildman–Crippen MR) is 48.3 cm³/mol. The van der Waals surface area contributed by atoms with E-state index < -0.39 is 17.4 Å². The number of halogens is 2. The highest BCUT2D eigenvalue weighted by molar-refractivity contribution is 5.38. The molecule has 0 spiro atoms. The Kier molecular flexibility index (Phi) is 2.37. The van der Waals surface area contributed by atoms with Crippen LogP contribution in [0.2, 0.25) is 0 Å². The van der Waals surface area contributed by atoms with Gasteiger partial charge in [0.05, 0.1) is 0 Å². The van der Waals surface area contributed by atoms with Gasteiger partial charge in [0.25, 0.3) is 0 Å². The molecule has 76 valence electrons. The lowest BCUT2D eigenvalue weighted by molar-refractivity contribution is 0.411. The van der Waals surface area contributed by atoms with Crippen molar-refractivity contribution in [1.82, 2.24) is 5.32 Å². The number of aromatic hydroxyl groups is 1. The maximum Gasteiger partial charge on any atom is 0.165 e. The highest BCUT2D eigenvalue weighted by atomic mass is 19.1. The van der Waals surface area contributed by atoms with E-state index in [2.05, 4.69) is 5.32 Å². The molecule has 1 atom stereocenters. The van der Waals surface area contributed by atoms with Crippen molar-refractivity contribution < 1.29 is 13.9 Å². The first-order valence-corrected chi connectivity index (χ1v) is 4.57. The van der Waals surface area contributed by atoms with Gasteiger partial charge < -0.3 is 10.4 Å². The molecule has 0 aromatic heterocycles. The maximum atomic E-state index is 13.3. The summed E-state index contributed by atoms with van der Waals surface area (Å²) in [6.07, 6.45) is 0.730. The number of phenols is 1. The third-order valence-corrected chi connectivity index (χ3v) is 2.58. The molecule has 2 N–H and O–H groups in total. The minimum Gasteiger partial charge on any atom is -0.505 e. The summed E-state index contributed by atoms with van der Waals surface area (Å²) < 4.78 is 26.3. The van der Waals surface area contributed by atoms with E-state index in [9.17, 15) is 13.9 Å². The molecule has 1 aromatic carbocycles. The van der Waals surface area contributed by atoms with Crippen molar-refractivity contribution in [3.8, 4) is 5.75 Å². The Morgan fingerprint density at radius 2 is 2.00 bits per heavy atom. The summed E-state index contributed by atoms with van der Waals surface area (Å²) in [6, 6.07) is 2.00. The van der Waals surface area contributed by atoms with Crippen molar-refractivity contribution in [2.24, 2.45) is 0 Å². The molecule has 1 saturated heterocycles. The zero-order valence-corrected chi connectivity index (χ0v) is 7.56. The van der Waals surface area contributed by atoms with Crippen LogP contribution in [0.1, 0.15) is 17.9 Å². The lowest BCUT2D eigenvalue weighted by Gasteiger charge is -2.12. The zero-order chi connectivity index (χ0) is 10.1. The second-order valence-electron chi connectivity index (χ2n) is 3.48. The van der Waals surface area contributed by atoms with Crippen molar-refractivity contribution in [3.63, 3.8) is 0 Å². The molecule has 14 heavy (non-hydrogen) atoms. The van der Waals surface area contributed by atoms with Crippen LogP contribution in [0.4, 0.5) is 8.78 Å². The topological polar surface area (TPSA) is 32.3 Å². The Hall–Kier alpha value is -1.16. The normalized spacial score (nSPS) is 21.4. The van der Waals surface area contributed by atoms with E-state index in [0.717, 1.165) is 25.1 Å². The van der Waals surface area contributed by atoms with Crippen LogP contribution in [0.15, 0.2) is 12.1 Å². The van der Waals surface area contributed by atoms with Crippen LogP contribution in [-0.4, -0.2) is 18.2 Å². The van der Waals surface area contributed by atoms with E-state index >= 15 is 0 Å². The second-order valence-corrected chi connectivity index (χ2v) is 3.48. The first-order valence-electron chi connectivity index (χ1n) is 4.57. The Morgan fingerprint density at radius 3 is 2.64 bits per heavy atom. The number of benzene rings is 1. The van der Waals surface area contributed by atoms with Crippen LogP contribution in [0.25, 0.3) is 0 Å². The fraction of sp³-hybridized carbons (Fsp3) is 0.400. The summed E-state index contributed by atoms with van der Waals surface area (Å²) in [6.45, 7) is 1.37. The van der Waals surface area contributed by atoms with E-state index in [0.29, 0.717) is 6.54 Å². The average molecular weight is 199 g/mol.